The molecule has 2 N–H and O–H groups in total. The second-order valence-electron chi connectivity index (χ2n) is 5.44. The Bertz CT molecular complexity index is 340. The molecule has 2 rings (SSSR count). The van der Waals surface area contributed by atoms with E-state index in [0.717, 1.165) is 12.8 Å². The molecule has 1 fully saturated rings. The summed E-state index contributed by atoms with van der Waals surface area (Å²) in [5, 5.41) is 3.94. The molecule has 102 valence electrons. The predicted molar refractivity (Wildman–Crippen MR) is 78.3 cm³/mol. The number of nitrogens with one attached hydrogen (secondary N) is 2. The predicted octanol–water partition coefficient (Wildman–Crippen LogP) is 4.17. The van der Waals surface area contributed by atoms with Crippen LogP contribution >= 0.6 is 11.6 Å². The number of alkyl halides is 1. The van der Waals surface area contributed by atoms with Crippen molar-refractivity contribution in [1.29, 1.82) is 0 Å². The van der Waals surface area contributed by atoms with Gasteiger partial charge in [0.2, 0.25) is 0 Å². The SMILES string of the molecule is CC(Cl)CCCCc1[nH]ccc1C1CCCCN1. The van der Waals surface area contributed by atoms with E-state index in [2.05, 4.69) is 29.5 Å². The second kappa shape index (κ2) is 7.20. The normalized spacial score (nSPS) is 22.0. The molecule has 2 unspecified atom stereocenters. The minimum Gasteiger partial charge on any atom is -0.365 e. The van der Waals surface area contributed by atoms with Crippen molar-refractivity contribution in [3.63, 3.8) is 0 Å². The molecular formula is C15H25ClN2. The first-order chi connectivity index (χ1) is 8.77. The van der Waals surface area contributed by atoms with E-state index in [9.17, 15) is 0 Å². The van der Waals surface area contributed by atoms with E-state index in [1.165, 1.54) is 49.9 Å². The van der Waals surface area contributed by atoms with E-state index in [1.54, 1.807) is 0 Å². The van der Waals surface area contributed by atoms with E-state index in [-0.39, 0.29) is 0 Å². The smallest absolute Gasteiger partial charge is 0.0338 e. The Labute approximate surface area is 116 Å². The van der Waals surface area contributed by atoms with E-state index < -0.39 is 0 Å². The van der Waals surface area contributed by atoms with Crippen molar-refractivity contribution >= 4 is 11.6 Å². The molecule has 1 aliphatic heterocycles. The van der Waals surface area contributed by atoms with Gasteiger partial charge in [0.05, 0.1) is 0 Å². The van der Waals surface area contributed by atoms with Crippen molar-refractivity contribution in [2.75, 3.05) is 6.54 Å². The molecule has 18 heavy (non-hydrogen) atoms. The van der Waals surface area contributed by atoms with Crippen molar-refractivity contribution in [3.8, 4) is 0 Å². The topological polar surface area (TPSA) is 27.8 Å². The first kappa shape index (κ1) is 14.0. The second-order valence-corrected chi connectivity index (χ2v) is 6.19. The number of H-pyrrole nitrogens is 1. The van der Waals surface area contributed by atoms with Crippen molar-refractivity contribution < 1.29 is 0 Å². The average Bonchev–Trinajstić information content (AvgIpc) is 2.84. The summed E-state index contributed by atoms with van der Waals surface area (Å²) in [5.41, 5.74) is 2.92. The maximum Gasteiger partial charge on any atom is 0.0338 e. The Morgan fingerprint density at radius 2 is 2.28 bits per heavy atom. The van der Waals surface area contributed by atoms with E-state index in [0.29, 0.717) is 11.4 Å². The minimum absolute atomic E-state index is 0.313. The Morgan fingerprint density at radius 3 is 3.00 bits per heavy atom. The van der Waals surface area contributed by atoms with Crippen LogP contribution in [-0.2, 0) is 6.42 Å². The highest BCUT2D eigenvalue weighted by Gasteiger charge is 2.18. The summed E-state index contributed by atoms with van der Waals surface area (Å²) in [5.74, 6) is 0. The summed E-state index contributed by atoms with van der Waals surface area (Å²) in [6, 6.07) is 2.83. The third-order valence-electron chi connectivity index (χ3n) is 3.83. The molecule has 2 atom stereocenters. The Kier molecular flexibility index (Phi) is 5.58. The summed E-state index contributed by atoms with van der Waals surface area (Å²) in [6.07, 6.45) is 10.8. The van der Waals surface area contributed by atoms with Crippen LogP contribution in [0.3, 0.4) is 0 Å². The molecule has 0 radical (unpaired) electrons. The van der Waals surface area contributed by atoms with Crippen LogP contribution in [0.2, 0.25) is 0 Å². The van der Waals surface area contributed by atoms with Gasteiger partial charge in [0.25, 0.3) is 0 Å². The molecule has 0 aliphatic carbocycles. The van der Waals surface area contributed by atoms with Crippen molar-refractivity contribution in [1.82, 2.24) is 10.3 Å². The quantitative estimate of drug-likeness (QED) is 0.588. The van der Waals surface area contributed by atoms with Gasteiger partial charge >= 0.3 is 0 Å². The van der Waals surface area contributed by atoms with Crippen LogP contribution in [0.1, 0.15) is 62.7 Å². The van der Waals surface area contributed by atoms with Gasteiger partial charge in [-0.1, -0.05) is 12.8 Å². The zero-order valence-electron chi connectivity index (χ0n) is 11.3. The molecule has 0 spiro atoms. The van der Waals surface area contributed by atoms with Crippen molar-refractivity contribution in [2.45, 2.75) is 63.3 Å². The maximum absolute atomic E-state index is 5.97. The monoisotopic (exact) mass is 268 g/mol. The van der Waals surface area contributed by atoms with Crippen LogP contribution in [0, 0.1) is 0 Å². The Hall–Kier alpha value is -0.470. The first-order valence-electron chi connectivity index (χ1n) is 7.31. The number of rotatable bonds is 6. The van der Waals surface area contributed by atoms with Crippen LogP contribution < -0.4 is 5.32 Å². The third kappa shape index (κ3) is 4.03. The fraction of sp³-hybridized carbons (Fsp3) is 0.733. The molecule has 1 saturated heterocycles. The van der Waals surface area contributed by atoms with Crippen LogP contribution in [0.4, 0.5) is 0 Å². The summed E-state index contributed by atoms with van der Waals surface area (Å²) in [6.45, 7) is 3.24. The van der Waals surface area contributed by atoms with Gasteiger partial charge < -0.3 is 10.3 Å². The van der Waals surface area contributed by atoms with Crippen LogP contribution in [0.25, 0.3) is 0 Å². The molecule has 0 saturated carbocycles. The number of piperidine rings is 1. The number of aromatic amines is 1. The average molecular weight is 269 g/mol. The lowest BCUT2D eigenvalue weighted by Gasteiger charge is -2.24. The number of hydrogen-bond acceptors (Lipinski definition) is 1. The number of halogens is 1. The zero-order valence-corrected chi connectivity index (χ0v) is 12.1. The molecule has 2 nitrogen and oxygen atoms in total. The zero-order chi connectivity index (χ0) is 12.8. The van der Waals surface area contributed by atoms with Gasteiger partial charge in [-0.25, -0.2) is 0 Å². The lowest BCUT2D eigenvalue weighted by Crippen LogP contribution is -2.27. The fourth-order valence-electron chi connectivity index (χ4n) is 2.80. The molecule has 0 bridgehead atoms. The highest BCUT2D eigenvalue weighted by atomic mass is 35.5. The van der Waals surface area contributed by atoms with Gasteiger partial charge in [-0.2, -0.15) is 0 Å². The van der Waals surface area contributed by atoms with Crippen molar-refractivity contribution in [2.24, 2.45) is 0 Å². The van der Waals surface area contributed by atoms with Gasteiger partial charge in [-0.3, -0.25) is 0 Å². The summed E-state index contributed by atoms with van der Waals surface area (Å²) in [4.78, 5) is 3.42. The number of aryl methyl sites for hydroxylation is 1. The summed E-state index contributed by atoms with van der Waals surface area (Å²) < 4.78 is 0. The standard InChI is InChI=1S/C15H25ClN2/c1-12(16)6-2-3-7-15-13(9-11-18-15)14-8-4-5-10-17-14/h9,11-12,14,17-18H,2-8,10H2,1H3. The van der Waals surface area contributed by atoms with Crippen molar-refractivity contribution in [3.05, 3.63) is 23.5 Å². The van der Waals surface area contributed by atoms with E-state index >= 15 is 0 Å². The van der Waals surface area contributed by atoms with E-state index in [1.807, 2.05) is 0 Å². The lowest BCUT2D eigenvalue weighted by molar-refractivity contribution is 0.410. The summed E-state index contributed by atoms with van der Waals surface area (Å²) >= 11 is 5.97. The Balaban J connectivity index is 1.83. The first-order valence-corrected chi connectivity index (χ1v) is 7.74. The highest BCUT2D eigenvalue weighted by molar-refractivity contribution is 6.20. The molecular weight excluding hydrogens is 244 g/mol. The van der Waals surface area contributed by atoms with Gasteiger partial charge in [0.15, 0.2) is 0 Å². The molecule has 3 heteroatoms. The molecule has 0 aromatic carbocycles. The van der Waals surface area contributed by atoms with Gasteiger partial charge in [0, 0.05) is 23.3 Å². The lowest BCUT2D eigenvalue weighted by atomic mass is 9.96. The molecule has 1 aliphatic rings. The Morgan fingerprint density at radius 1 is 1.39 bits per heavy atom. The largest absolute Gasteiger partial charge is 0.365 e. The molecule has 2 heterocycles. The molecule has 0 amide bonds. The van der Waals surface area contributed by atoms with Crippen LogP contribution in [-0.4, -0.2) is 16.9 Å². The van der Waals surface area contributed by atoms with Gasteiger partial charge in [0.1, 0.15) is 0 Å². The van der Waals surface area contributed by atoms with Gasteiger partial charge in [-0.15, -0.1) is 11.6 Å². The molecule has 1 aromatic rings. The van der Waals surface area contributed by atoms with Crippen LogP contribution in [0.5, 0.6) is 0 Å². The number of aromatic nitrogens is 1. The molecule has 1 aromatic heterocycles. The summed E-state index contributed by atoms with van der Waals surface area (Å²) in [7, 11) is 0. The minimum atomic E-state index is 0.313. The van der Waals surface area contributed by atoms with Gasteiger partial charge in [-0.05, 0) is 57.2 Å². The highest BCUT2D eigenvalue weighted by Crippen LogP contribution is 2.26. The van der Waals surface area contributed by atoms with E-state index in [4.69, 9.17) is 11.6 Å². The third-order valence-corrected chi connectivity index (χ3v) is 4.05. The fourth-order valence-corrected chi connectivity index (χ4v) is 2.96. The number of unbranched alkanes of at least 4 members (excludes halogenated alkanes) is 1. The maximum atomic E-state index is 5.97. The number of hydrogen-bond donors (Lipinski definition) is 2. The van der Waals surface area contributed by atoms with Crippen LogP contribution in [0.15, 0.2) is 12.3 Å².